The highest BCUT2D eigenvalue weighted by Crippen LogP contribution is 2.38. The third kappa shape index (κ3) is 6.67. The number of amides is 3. The molecule has 1 aliphatic rings. The van der Waals surface area contributed by atoms with Gasteiger partial charge < -0.3 is 20.6 Å². The Morgan fingerprint density at radius 3 is 2.05 bits per heavy atom. The van der Waals surface area contributed by atoms with Crippen molar-refractivity contribution in [1.29, 1.82) is 0 Å². The SMILES string of the molecule is C[C@H](NC(=O)[C@@H](O)c1cc(F)cc(F)c1)C(=O)N[C@H]1C[C@@H](c2ccccc2)C[C@H](c2ccccc2)N(C)C1=O. The van der Waals surface area contributed by atoms with Gasteiger partial charge in [0, 0.05) is 13.1 Å². The van der Waals surface area contributed by atoms with Crippen LogP contribution in [0.2, 0.25) is 0 Å². The molecular weight excluding hydrogens is 504 g/mol. The van der Waals surface area contributed by atoms with Crippen LogP contribution >= 0.6 is 0 Å². The lowest BCUT2D eigenvalue weighted by molar-refractivity contribution is -0.138. The number of hydrogen-bond donors (Lipinski definition) is 3. The van der Waals surface area contributed by atoms with Crippen molar-refractivity contribution in [3.8, 4) is 0 Å². The molecule has 0 aliphatic carbocycles. The number of benzene rings is 3. The second-order valence-electron chi connectivity index (χ2n) is 9.85. The van der Waals surface area contributed by atoms with Crippen LogP contribution in [-0.2, 0) is 14.4 Å². The average molecular weight is 536 g/mol. The zero-order valence-corrected chi connectivity index (χ0v) is 21.7. The van der Waals surface area contributed by atoms with Crippen LogP contribution in [-0.4, -0.2) is 46.9 Å². The molecule has 0 bridgehead atoms. The van der Waals surface area contributed by atoms with E-state index >= 15 is 0 Å². The standard InChI is InChI=1S/C30H31F2N3O4/c1-18(33-29(38)27(36)22-13-23(31)17-24(32)14-22)28(37)34-25-15-21(19-9-5-3-6-10-19)16-26(35(2)30(25)39)20-11-7-4-8-12-20/h3-14,17-18,21,25-27,36H,15-16H2,1-2H3,(H,33,38)(H,34,37)/t18-,21+,25-,26+,27-/m0/s1. The molecule has 3 N–H and O–H groups in total. The lowest BCUT2D eigenvalue weighted by atomic mass is 9.86. The molecule has 204 valence electrons. The van der Waals surface area contributed by atoms with Gasteiger partial charge in [0.25, 0.3) is 5.91 Å². The second kappa shape index (κ2) is 12.2. The topological polar surface area (TPSA) is 98.7 Å². The van der Waals surface area contributed by atoms with Gasteiger partial charge in [0.05, 0.1) is 6.04 Å². The normalized spacial score (nSPS) is 21.0. The van der Waals surface area contributed by atoms with E-state index in [1.807, 2.05) is 60.7 Å². The Bertz CT molecular complexity index is 1300. The first-order valence-corrected chi connectivity index (χ1v) is 12.8. The Kier molecular flexibility index (Phi) is 8.71. The molecule has 3 aromatic carbocycles. The van der Waals surface area contributed by atoms with E-state index in [9.17, 15) is 28.3 Å². The predicted octanol–water partition coefficient (Wildman–Crippen LogP) is 3.77. The second-order valence-corrected chi connectivity index (χ2v) is 9.85. The smallest absolute Gasteiger partial charge is 0.254 e. The molecule has 3 aromatic rings. The molecule has 0 radical (unpaired) electrons. The number of likely N-dealkylation sites (tertiary alicyclic amines) is 1. The molecule has 1 saturated heterocycles. The lowest BCUT2D eigenvalue weighted by Crippen LogP contribution is -2.53. The fourth-order valence-corrected chi connectivity index (χ4v) is 5.00. The van der Waals surface area contributed by atoms with E-state index in [-0.39, 0.29) is 23.4 Å². The lowest BCUT2D eigenvalue weighted by Gasteiger charge is -2.29. The zero-order chi connectivity index (χ0) is 28.1. The molecule has 7 nitrogen and oxygen atoms in total. The van der Waals surface area contributed by atoms with Gasteiger partial charge in [0.15, 0.2) is 6.10 Å². The third-order valence-electron chi connectivity index (χ3n) is 7.11. The Hall–Kier alpha value is -4.11. The first-order valence-electron chi connectivity index (χ1n) is 12.8. The van der Waals surface area contributed by atoms with Crippen molar-refractivity contribution in [3.05, 3.63) is 107 Å². The number of hydrogen-bond acceptors (Lipinski definition) is 4. The van der Waals surface area contributed by atoms with Crippen LogP contribution in [0.15, 0.2) is 78.9 Å². The van der Waals surface area contributed by atoms with E-state index in [4.69, 9.17) is 0 Å². The largest absolute Gasteiger partial charge is 0.378 e. The van der Waals surface area contributed by atoms with Crippen LogP contribution < -0.4 is 10.6 Å². The van der Waals surface area contributed by atoms with E-state index < -0.39 is 41.6 Å². The van der Waals surface area contributed by atoms with E-state index in [1.54, 1.807) is 11.9 Å². The van der Waals surface area contributed by atoms with Crippen molar-refractivity contribution in [2.24, 2.45) is 0 Å². The van der Waals surface area contributed by atoms with Gasteiger partial charge >= 0.3 is 0 Å². The fourth-order valence-electron chi connectivity index (χ4n) is 5.00. The van der Waals surface area contributed by atoms with Gasteiger partial charge in [-0.3, -0.25) is 14.4 Å². The molecular formula is C30H31F2N3O4. The van der Waals surface area contributed by atoms with Crippen molar-refractivity contribution in [2.45, 2.75) is 49.9 Å². The molecule has 1 heterocycles. The molecule has 3 amide bonds. The van der Waals surface area contributed by atoms with Crippen LogP contribution in [0.25, 0.3) is 0 Å². The Balaban J connectivity index is 1.50. The molecule has 5 atom stereocenters. The highest BCUT2D eigenvalue weighted by Gasteiger charge is 2.38. The minimum Gasteiger partial charge on any atom is -0.378 e. The van der Waals surface area contributed by atoms with Crippen molar-refractivity contribution < 1.29 is 28.3 Å². The molecule has 0 spiro atoms. The minimum atomic E-state index is -1.88. The van der Waals surface area contributed by atoms with Crippen molar-refractivity contribution >= 4 is 17.7 Å². The van der Waals surface area contributed by atoms with Gasteiger partial charge in [-0.2, -0.15) is 0 Å². The number of aliphatic hydroxyl groups is 1. The maximum Gasteiger partial charge on any atom is 0.254 e. The maximum atomic E-state index is 13.6. The Labute approximate surface area is 225 Å². The first-order chi connectivity index (χ1) is 18.6. The summed E-state index contributed by atoms with van der Waals surface area (Å²) in [5.74, 6) is -3.81. The molecule has 0 aromatic heterocycles. The number of rotatable bonds is 7. The minimum absolute atomic E-state index is 0.0369. The number of halogens is 2. The predicted molar refractivity (Wildman–Crippen MR) is 141 cm³/mol. The summed E-state index contributed by atoms with van der Waals surface area (Å²) in [6.07, 6.45) is -0.871. The zero-order valence-electron chi connectivity index (χ0n) is 21.7. The van der Waals surface area contributed by atoms with E-state index in [1.165, 1.54) is 6.92 Å². The van der Waals surface area contributed by atoms with Crippen LogP contribution in [0.4, 0.5) is 8.78 Å². The van der Waals surface area contributed by atoms with Gasteiger partial charge in [-0.15, -0.1) is 0 Å². The van der Waals surface area contributed by atoms with Gasteiger partial charge in [-0.05, 0) is 54.5 Å². The van der Waals surface area contributed by atoms with Gasteiger partial charge in [0.2, 0.25) is 11.8 Å². The average Bonchev–Trinajstić information content (AvgIpc) is 3.05. The van der Waals surface area contributed by atoms with Crippen molar-refractivity contribution in [1.82, 2.24) is 15.5 Å². The summed E-state index contributed by atoms with van der Waals surface area (Å²) < 4.78 is 27.0. The number of nitrogens with zero attached hydrogens (tertiary/aromatic N) is 1. The monoisotopic (exact) mass is 535 g/mol. The number of likely N-dealkylation sites (N-methyl/N-ethyl adjacent to an activating group) is 1. The quantitative estimate of drug-likeness (QED) is 0.429. The Morgan fingerprint density at radius 2 is 1.46 bits per heavy atom. The van der Waals surface area contributed by atoms with Crippen molar-refractivity contribution in [2.75, 3.05) is 7.05 Å². The molecule has 4 rings (SSSR count). The number of carbonyl (C=O) groups excluding carboxylic acids is 3. The summed E-state index contributed by atoms with van der Waals surface area (Å²) >= 11 is 0. The van der Waals surface area contributed by atoms with Gasteiger partial charge in [0.1, 0.15) is 23.7 Å². The maximum absolute atomic E-state index is 13.6. The van der Waals surface area contributed by atoms with Gasteiger partial charge in [-0.25, -0.2) is 8.78 Å². The number of nitrogens with one attached hydrogen (secondary N) is 2. The highest BCUT2D eigenvalue weighted by atomic mass is 19.1. The summed E-state index contributed by atoms with van der Waals surface area (Å²) in [6, 6.07) is 19.6. The summed E-state index contributed by atoms with van der Waals surface area (Å²) in [6.45, 7) is 1.40. The van der Waals surface area contributed by atoms with Crippen LogP contribution in [0.3, 0.4) is 0 Å². The van der Waals surface area contributed by atoms with Crippen LogP contribution in [0, 0.1) is 11.6 Å². The molecule has 1 fully saturated rings. The van der Waals surface area contributed by atoms with Crippen LogP contribution in [0.1, 0.15) is 54.5 Å². The highest BCUT2D eigenvalue weighted by molar-refractivity contribution is 5.93. The van der Waals surface area contributed by atoms with Crippen molar-refractivity contribution in [3.63, 3.8) is 0 Å². The molecule has 1 aliphatic heterocycles. The summed E-state index contributed by atoms with van der Waals surface area (Å²) in [5, 5.41) is 15.4. The molecule has 39 heavy (non-hydrogen) atoms. The third-order valence-corrected chi connectivity index (χ3v) is 7.11. The van der Waals surface area contributed by atoms with Crippen LogP contribution in [0.5, 0.6) is 0 Å². The van der Waals surface area contributed by atoms with E-state index in [0.29, 0.717) is 18.9 Å². The van der Waals surface area contributed by atoms with E-state index in [0.717, 1.165) is 23.3 Å². The number of aliphatic hydroxyl groups excluding tert-OH is 1. The Morgan fingerprint density at radius 1 is 0.897 bits per heavy atom. The summed E-state index contributed by atoms with van der Waals surface area (Å²) in [5.41, 5.74) is 1.76. The first kappa shape index (κ1) is 27.9. The molecule has 9 heteroatoms. The summed E-state index contributed by atoms with van der Waals surface area (Å²) in [7, 11) is 1.71. The van der Waals surface area contributed by atoms with E-state index in [2.05, 4.69) is 10.6 Å². The van der Waals surface area contributed by atoms with Gasteiger partial charge in [-0.1, -0.05) is 60.7 Å². The fraction of sp³-hybridized carbons (Fsp3) is 0.300. The molecule has 0 unspecified atom stereocenters. The summed E-state index contributed by atoms with van der Waals surface area (Å²) in [4.78, 5) is 40.8. The molecule has 0 saturated carbocycles. The number of carbonyl (C=O) groups is 3.